The molecule has 1 aromatic carbocycles. The summed E-state index contributed by atoms with van der Waals surface area (Å²) in [5.41, 5.74) is 3.62. The van der Waals surface area contributed by atoms with Crippen LogP contribution in [0.1, 0.15) is 44.0 Å². The van der Waals surface area contributed by atoms with Gasteiger partial charge in [0.1, 0.15) is 11.4 Å². The summed E-state index contributed by atoms with van der Waals surface area (Å²) in [4.78, 5) is 22.3. The lowest BCUT2D eigenvalue weighted by atomic mass is 10.0. The Labute approximate surface area is 165 Å². The summed E-state index contributed by atoms with van der Waals surface area (Å²) in [5.74, 6) is 0.711. The number of H-pyrrole nitrogens is 1. The summed E-state index contributed by atoms with van der Waals surface area (Å²) < 4.78 is 5.57. The zero-order valence-corrected chi connectivity index (χ0v) is 16.5. The molecule has 1 amide bonds. The normalized spacial score (nSPS) is 14.5. The van der Waals surface area contributed by atoms with Crippen molar-refractivity contribution >= 4 is 35.0 Å². The molecule has 5 heteroatoms. The lowest BCUT2D eigenvalue weighted by molar-refractivity contribution is 0.0576. The Morgan fingerprint density at radius 3 is 2.86 bits per heavy atom. The van der Waals surface area contributed by atoms with Gasteiger partial charge in [0.15, 0.2) is 0 Å². The second-order valence-electron chi connectivity index (χ2n) is 8.07. The van der Waals surface area contributed by atoms with Crippen LogP contribution in [0, 0.1) is 0 Å². The number of fused-ring (bicyclic) bond motifs is 2. The van der Waals surface area contributed by atoms with Crippen molar-refractivity contribution in [3.63, 3.8) is 0 Å². The van der Waals surface area contributed by atoms with E-state index in [-0.39, 0.29) is 6.09 Å². The standard InChI is InChI=1S/C23H25N3O2/c1-23(2,3)28-22(27)26-15-5-7-17-10-12-18(25-21(17)26)11-9-16-6-4-8-20-19(16)13-14-24-20/h4,6,8-14,24H,5,7,15H2,1-3H3. The van der Waals surface area contributed by atoms with Crippen LogP contribution in [0.5, 0.6) is 0 Å². The second-order valence-corrected chi connectivity index (χ2v) is 8.07. The van der Waals surface area contributed by atoms with E-state index in [4.69, 9.17) is 9.72 Å². The van der Waals surface area contributed by atoms with Crippen molar-refractivity contribution in [2.75, 3.05) is 11.4 Å². The second kappa shape index (κ2) is 7.15. The first-order chi connectivity index (χ1) is 13.4. The van der Waals surface area contributed by atoms with Crippen LogP contribution in [0.2, 0.25) is 0 Å². The Balaban J connectivity index is 1.63. The largest absolute Gasteiger partial charge is 0.443 e. The summed E-state index contributed by atoms with van der Waals surface area (Å²) in [5, 5.41) is 1.17. The number of pyridine rings is 1. The molecule has 5 nitrogen and oxygen atoms in total. The van der Waals surface area contributed by atoms with Gasteiger partial charge in [-0.15, -0.1) is 0 Å². The maximum atomic E-state index is 12.6. The van der Waals surface area contributed by atoms with Crippen LogP contribution in [-0.2, 0) is 11.2 Å². The fourth-order valence-electron chi connectivity index (χ4n) is 3.47. The number of nitrogens with one attached hydrogen (secondary N) is 1. The van der Waals surface area contributed by atoms with Crippen molar-refractivity contribution in [3.05, 3.63) is 59.4 Å². The number of nitrogens with zero attached hydrogens (tertiary/aromatic N) is 2. The van der Waals surface area contributed by atoms with Gasteiger partial charge in [0.25, 0.3) is 0 Å². The van der Waals surface area contributed by atoms with E-state index in [0.717, 1.165) is 35.2 Å². The first kappa shape index (κ1) is 18.3. The van der Waals surface area contributed by atoms with Gasteiger partial charge in [-0.1, -0.05) is 24.3 Å². The van der Waals surface area contributed by atoms with E-state index in [0.29, 0.717) is 12.4 Å². The Bertz CT molecular complexity index is 1040. The summed E-state index contributed by atoms with van der Waals surface area (Å²) in [7, 11) is 0. The first-order valence-corrected chi connectivity index (χ1v) is 9.65. The van der Waals surface area contributed by atoms with Crippen LogP contribution in [-0.4, -0.2) is 28.2 Å². The molecule has 28 heavy (non-hydrogen) atoms. The molecule has 0 spiro atoms. The molecule has 0 saturated carbocycles. The topological polar surface area (TPSA) is 58.2 Å². The molecule has 0 saturated heterocycles. The minimum atomic E-state index is -0.526. The van der Waals surface area contributed by atoms with Crippen molar-refractivity contribution in [2.45, 2.75) is 39.2 Å². The third-order valence-corrected chi connectivity index (χ3v) is 4.74. The fraction of sp³-hybridized carbons (Fsp3) is 0.304. The van der Waals surface area contributed by atoms with E-state index in [1.165, 1.54) is 5.39 Å². The number of hydrogen-bond donors (Lipinski definition) is 1. The number of aromatic nitrogens is 2. The summed E-state index contributed by atoms with van der Waals surface area (Å²) in [6.45, 7) is 6.27. The summed E-state index contributed by atoms with van der Waals surface area (Å²) >= 11 is 0. The molecular weight excluding hydrogens is 350 g/mol. The van der Waals surface area contributed by atoms with Crippen molar-refractivity contribution in [3.8, 4) is 0 Å². The molecule has 4 rings (SSSR count). The van der Waals surface area contributed by atoms with E-state index >= 15 is 0 Å². The summed E-state index contributed by atoms with van der Waals surface area (Å²) in [6.07, 6.45) is 7.50. The van der Waals surface area contributed by atoms with E-state index in [2.05, 4.69) is 35.3 Å². The number of carbonyl (C=O) groups is 1. The van der Waals surface area contributed by atoms with Crippen LogP contribution in [0.3, 0.4) is 0 Å². The fourth-order valence-corrected chi connectivity index (χ4v) is 3.47. The Kier molecular flexibility index (Phi) is 4.67. The Hall–Kier alpha value is -3.08. The van der Waals surface area contributed by atoms with Crippen LogP contribution in [0.25, 0.3) is 23.1 Å². The maximum absolute atomic E-state index is 12.6. The number of anilines is 1. The third kappa shape index (κ3) is 3.79. The molecule has 1 N–H and O–H groups in total. The van der Waals surface area contributed by atoms with Crippen molar-refractivity contribution < 1.29 is 9.53 Å². The first-order valence-electron chi connectivity index (χ1n) is 9.65. The molecule has 0 atom stereocenters. The molecule has 0 radical (unpaired) electrons. The zero-order valence-electron chi connectivity index (χ0n) is 16.5. The van der Waals surface area contributed by atoms with Crippen LogP contribution >= 0.6 is 0 Å². The molecule has 3 aromatic rings. The molecule has 2 aromatic heterocycles. The number of hydrogen-bond acceptors (Lipinski definition) is 3. The minimum Gasteiger partial charge on any atom is -0.443 e. The summed E-state index contributed by atoms with van der Waals surface area (Å²) in [6, 6.07) is 12.3. The maximum Gasteiger partial charge on any atom is 0.416 e. The van der Waals surface area contributed by atoms with Gasteiger partial charge in [-0.2, -0.15) is 0 Å². The minimum absolute atomic E-state index is 0.334. The highest BCUT2D eigenvalue weighted by atomic mass is 16.6. The van der Waals surface area contributed by atoms with Crippen molar-refractivity contribution in [2.24, 2.45) is 0 Å². The molecule has 144 valence electrons. The van der Waals surface area contributed by atoms with E-state index in [1.54, 1.807) is 4.90 Å². The third-order valence-electron chi connectivity index (χ3n) is 4.74. The quantitative estimate of drug-likeness (QED) is 0.650. The lowest BCUT2D eigenvalue weighted by Crippen LogP contribution is -2.40. The van der Waals surface area contributed by atoms with Gasteiger partial charge in [-0.25, -0.2) is 9.78 Å². The number of aryl methyl sites for hydroxylation is 1. The molecule has 0 unspecified atom stereocenters. The van der Waals surface area contributed by atoms with Gasteiger partial charge in [0.05, 0.1) is 5.69 Å². The van der Waals surface area contributed by atoms with Crippen LogP contribution in [0.15, 0.2) is 42.6 Å². The van der Waals surface area contributed by atoms with E-state index < -0.39 is 5.60 Å². The number of amides is 1. The van der Waals surface area contributed by atoms with E-state index in [1.807, 2.05) is 45.2 Å². The number of ether oxygens (including phenoxy) is 1. The molecule has 0 bridgehead atoms. The highest BCUT2D eigenvalue weighted by Crippen LogP contribution is 2.28. The molecule has 3 heterocycles. The van der Waals surface area contributed by atoms with Gasteiger partial charge in [0.2, 0.25) is 0 Å². The highest BCUT2D eigenvalue weighted by molar-refractivity contribution is 5.91. The van der Waals surface area contributed by atoms with Crippen molar-refractivity contribution in [1.29, 1.82) is 0 Å². The van der Waals surface area contributed by atoms with Crippen LogP contribution < -0.4 is 4.90 Å². The smallest absolute Gasteiger partial charge is 0.416 e. The predicted octanol–water partition coefficient (Wildman–Crippen LogP) is 5.42. The lowest BCUT2D eigenvalue weighted by Gasteiger charge is -2.30. The molecule has 1 aliphatic heterocycles. The van der Waals surface area contributed by atoms with Crippen LogP contribution in [0.4, 0.5) is 10.6 Å². The number of aromatic amines is 1. The SMILES string of the molecule is CC(C)(C)OC(=O)N1CCCc2ccc(C=Cc3cccc4[nH]ccc34)nc21. The van der Waals surface area contributed by atoms with Gasteiger partial charge >= 0.3 is 6.09 Å². The Morgan fingerprint density at radius 1 is 1.18 bits per heavy atom. The number of rotatable bonds is 2. The Morgan fingerprint density at radius 2 is 2.04 bits per heavy atom. The molecule has 0 aliphatic carbocycles. The highest BCUT2D eigenvalue weighted by Gasteiger charge is 2.28. The monoisotopic (exact) mass is 375 g/mol. The van der Waals surface area contributed by atoms with Gasteiger partial charge in [0, 0.05) is 23.6 Å². The van der Waals surface area contributed by atoms with Gasteiger partial charge in [-0.3, -0.25) is 4.90 Å². The predicted molar refractivity (Wildman–Crippen MR) is 113 cm³/mol. The molecule has 0 fully saturated rings. The number of carbonyl (C=O) groups excluding carboxylic acids is 1. The number of benzene rings is 1. The molecular formula is C23H25N3O2. The van der Waals surface area contributed by atoms with Gasteiger partial charge < -0.3 is 9.72 Å². The zero-order chi connectivity index (χ0) is 19.7. The van der Waals surface area contributed by atoms with E-state index in [9.17, 15) is 4.79 Å². The molecule has 1 aliphatic rings. The average Bonchev–Trinajstić information content (AvgIpc) is 3.13. The van der Waals surface area contributed by atoms with Gasteiger partial charge in [-0.05, 0) is 69.0 Å². The van der Waals surface area contributed by atoms with Crippen molar-refractivity contribution in [1.82, 2.24) is 9.97 Å². The average molecular weight is 375 g/mol.